The van der Waals surface area contributed by atoms with E-state index >= 15 is 0 Å². The normalized spacial score (nSPS) is 15.6. The number of aryl methyl sites for hydroxylation is 1. The van der Waals surface area contributed by atoms with Crippen LogP contribution in [0.25, 0.3) is 0 Å². The first-order valence-corrected chi connectivity index (χ1v) is 12.0. The summed E-state index contributed by atoms with van der Waals surface area (Å²) in [6.45, 7) is 5.84. The molecule has 1 amide bonds. The Labute approximate surface area is 188 Å². The van der Waals surface area contributed by atoms with Gasteiger partial charge in [0.25, 0.3) is 5.91 Å². The molecule has 2 aromatic rings. The fourth-order valence-corrected chi connectivity index (χ4v) is 5.36. The van der Waals surface area contributed by atoms with Crippen LogP contribution in [0, 0.1) is 6.92 Å². The van der Waals surface area contributed by atoms with Crippen LogP contribution < -0.4 is 10.1 Å². The quantitative estimate of drug-likeness (QED) is 0.608. The summed E-state index contributed by atoms with van der Waals surface area (Å²) < 4.78 is 37.8. The maximum Gasteiger partial charge on any atom is 0.338 e. The predicted octanol–water partition coefficient (Wildman–Crippen LogP) is 2.82. The highest BCUT2D eigenvalue weighted by molar-refractivity contribution is 7.89. The Bertz CT molecular complexity index is 1100. The Kier molecular flexibility index (Phi) is 7.52. The van der Waals surface area contributed by atoms with Crippen molar-refractivity contribution < 1.29 is 27.5 Å². The van der Waals surface area contributed by atoms with Crippen molar-refractivity contribution in [1.82, 2.24) is 9.62 Å². The third-order valence-corrected chi connectivity index (χ3v) is 7.57. The minimum absolute atomic E-state index is 0.0546. The lowest BCUT2D eigenvalue weighted by molar-refractivity contribution is -0.125. The number of sulfonamides is 1. The highest BCUT2D eigenvalue weighted by Gasteiger charge is 2.26. The number of carbonyl (C=O) groups is 2. The number of fused-ring (bicyclic) bond motifs is 1. The number of carbonyl (C=O) groups excluding carboxylic acids is 2. The van der Waals surface area contributed by atoms with Gasteiger partial charge in [-0.15, -0.1) is 0 Å². The van der Waals surface area contributed by atoms with E-state index < -0.39 is 28.5 Å². The molecule has 1 aliphatic heterocycles. The van der Waals surface area contributed by atoms with Gasteiger partial charge in [0.05, 0.1) is 23.1 Å². The molecule has 32 heavy (non-hydrogen) atoms. The molecule has 0 bridgehead atoms. The summed E-state index contributed by atoms with van der Waals surface area (Å²) in [5.74, 6) is -0.477. The molecule has 0 fully saturated rings. The van der Waals surface area contributed by atoms with Gasteiger partial charge in [0.2, 0.25) is 10.0 Å². The van der Waals surface area contributed by atoms with Crippen molar-refractivity contribution in [3.8, 4) is 5.75 Å². The summed E-state index contributed by atoms with van der Waals surface area (Å²) in [6.07, 6.45) is 0.612. The van der Waals surface area contributed by atoms with Crippen molar-refractivity contribution in [1.29, 1.82) is 0 Å². The van der Waals surface area contributed by atoms with Crippen LogP contribution in [0.4, 0.5) is 0 Å². The molecule has 0 saturated carbocycles. The van der Waals surface area contributed by atoms with Crippen LogP contribution in [0.15, 0.2) is 47.4 Å². The van der Waals surface area contributed by atoms with Crippen LogP contribution in [-0.2, 0) is 19.6 Å². The monoisotopic (exact) mass is 460 g/mol. The van der Waals surface area contributed by atoms with Crippen LogP contribution in [0.2, 0.25) is 0 Å². The van der Waals surface area contributed by atoms with E-state index in [2.05, 4.69) is 5.32 Å². The number of amides is 1. The lowest BCUT2D eigenvalue weighted by atomic mass is 10.0. The van der Waals surface area contributed by atoms with Crippen LogP contribution >= 0.6 is 0 Å². The number of ether oxygens (including phenoxy) is 2. The van der Waals surface area contributed by atoms with E-state index in [-0.39, 0.29) is 16.5 Å². The van der Waals surface area contributed by atoms with Gasteiger partial charge in [0.1, 0.15) is 5.75 Å². The summed E-state index contributed by atoms with van der Waals surface area (Å²) in [6, 6.07) is 11.6. The van der Waals surface area contributed by atoms with E-state index in [1.807, 2.05) is 24.3 Å². The fourth-order valence-electron chi connectivity index (χ4n) is 3.65. The Morgan fingerprint density at radius 1 is 1.16 bits per heavy atom. The smallest absolute Gasteiger partial charge is 0.338 e. The summed E-state index contributed by atoms with van der Waals surface area (Å²) >= 11 is 0. The van der Waals surface area contributed by atoms with Crippen molar-refractivity contribution in [2.75, 3.05) is 26.3 Å². The van der Waals surface area contributed by atoms with Crippen molar-refractivity contribution in [2.24, 2.45) is 0 Å². The summed E-state index contributed by atoms with van der Waals surface area (Å²) in [7, 11) is -3.73. The standard InChI is InChI=1S/C23H28N2O6S/c1-4-25(5-2)32(28,29)21-14-17(11-10-16(21)3)23(27)31-15-22(26)24-19-12-13-30-20-9-7-6-8-18(19)20/h6-11,14,19H,4-5,12-13,15H2,1-3H3,(H,24,26). The first-order valence-electron chi connectivity index (χ1n) is 10.6. The van der Waals surface area contributed by atoms with Gasteiger partial charge < -0.3 is 14.8 Å². The minimum atomic E-state index is -3.73. The molecule has 3 rings (SSSR count). The van der Waals surface area contributed by atoms with E-state index in [0.717, 1.165) is 11.3 Å². The van der Waals surface area contributed by atoms with E-state index in [9.17, 15) is 18.0 Å². The summed E-state index contributed by atoms with van der Waals surface area (Å²) in [4.78, 5) is 24.9. The molecule has 0 spiro atoms. The molecule has 0 saturated heterocycles. The average molecular weight is 461 g/mol. The molecule has 1 aliphatic rings. The predicted molar refractivity (Wildman–Crippen MR) is 119 cm³/mol. The van der Waals surface area contributed by atoms with Gasteiger partial charge in [-0.2, -0.15) is 4.31 Å². The number of hydrogen-bond donors (Lipinski definition) is 1. The maximum atomic E-state index is 12.9. The number of hydrogen-bond acceptors (Lipinski definition) is 6. The average Bonchev–Trinajstić information content (AvgIpc) is 2.78. The van der Waals surface area contributed by atoms with Gasteiger partial charge in [-0.3, -0.25) is 4.79 Å². The van der Waals surface area contributed by atoms with E-state index in [1.54, 1.807) is 26.8 Å². The third kappa shape index (κ3) is 5.11. The first kappa shape index (κ1) is 23.7. The molecule has 1 unspecified atom stereocenters. The largest absolute Gasteiger partial charge is 0.493 e. The molecular formula is C23H28N2O6S. The zero-order chi connectivity index (χ0) is 23.3. The number of rotatable bonds is 8. The second-order valence-corrected chi connectivity index (χ2v) is 9.35. The highest BCUT2D eigenvalue weighted by Crippen LogP contribution is 2.31. The number of nitrogens with one attached hydrogen (secondary N) is 1. The molecular weight excluding hydrogens is 432 g/mol. The van der Waals surface area contributed by atoms with Crippen molar-refractivity contribution in [3.63, 3.8) is 0 Å². The molecule has 0 radical (unpaired) electrons. The van der Waals surface area contributed by atoms with Crippen LogP contribution in [-0.4, -0.2) is 50.9 Å². The molecule has 0 aliphatic carbocycles. The first-order chi connectivity index (χ1) is 15.3. The second kappa shape index (κ2) is 10.1. The van der Waals surface area contributed by atoms with Crippen molar-refractivity contribution in [2.45, 2.75) is 38.1 Å². The lowest BCUT2D eigenvalue weighted by Crippen LogP contribution is -2.35. The Morgan fingerprint density at radius 2 is 1.88 bits per heavy atom. The molecule has 0 aromatic heterocycles. The van der Waals surface area contributed by atoms with Gasteiger partial charge in [-0.25, -0.2) is 13.2 Å². The minimum Gasteiger partial charge on any atom is -0.493 e. The highest BCUT2D eigenvalue weighted by atomic mass is 32.2. The molecule has 8 nitrogen and oxygen atoms in total. The summed E-state index contributed by atoms with van der Waals surface area (Å²) in [5, 5.41) is 2.86. The Morgan fingerprint density at radius 3 is 2.59 bits per heavy atom. The lowest BCUT2D eigenvalue weighted by Gasteiger charge is -2.26. The zero-order valence-electron chi connectivity index (χ0n) is 18.5. The number of esters is 1. The second-order valence-electron chi connectivity index (χ2n) is 7.44. The molecule has 1 atom stereocenters. The Hall–Kier alpha value is -2.91. The van der Waals surface area contributed by atoms with Crippen LogP contribution in [0.5, 0.6) is 5.75 Å². The molecule has 172 valence electrons. The van der Waals surface area contributed by atoms with Gasteiger partial charge in [-0.05, 0) is 30.7 Å². The van der Waals surface area contributed by atoms with E-state index in [0.29, 0.717) is 31.7 Å². The van der Waals surface area contributed by atoms with E-state index in [4.69, 9.17) is 9.47 Å². The molecule has 1 heterocycles. The Balaban J connectivity index is 1.66. The van der Waals surface area contributed by atoms with Gasteiger partial charge in [-0.1, -0.05) is 38.1 Å². The topological polar surface area (TPSA) is 102 Å². The van der Waals surface area contributed by atoms with Crippen molar-refractivity contribution >= 4 is 21.9 Å². The van der Waals surface area contributed by atoms with Gasteiger partial charge >= 0.3 is 5.97 Å². The van der Waals surface area contributed by atoms with Gasteiger partial charge in [0.15, 0.2) is 6.61 Å². The number of benzene rings is 2. The van der Waals surface area contributed by atoms with Crippen LogP contribution in [0.1, 0.15) is 47.8 Å². The summed E-state index contributed by atoms with van der Waals surface area (Å²) in [5.41, 5.74) is 1.48. The third-order valence-electron chi connectivity index (χ3n) is 5.38. The maximum absolute atomic E-state index is 12.9. The SMILES string of the molecule is CCN(CC)S(=O)(=O)c1cc(C(=O)OCC(=O)NC2CCOc3ccccc32)ccc1C. The number of nitrogens with zero attached hydrogens (tertiary/aromatic N) is 1. The molecule has 1 N–H and O–H groups in total. The van der Waals surface area contributed by atoms with E-state index in [1.165, 1.54) is 16.4 Å². The zero-order valence-corrected chi connectivity index (χ0v) is 19.3. The van der Waals surface area contributed by atoms with Crippen LogP contribution in [0.3, 0.4) is 0 Å². The van der Waals surface area contributed by atoms with Gasteiger partial charge in [0, 0.05) is 25.1 Å². The molecule has 9 heteroatoms. The fraction of sp³-hybridized carbons (Fsp3) is 0.391. The molecule has 2 aromatic carbocycles. The number of para-hydroxylation sites is 1. The van der Waals surface area contributed by atoms with Crippen molar-refractivity contribution in [3.05, 3.63) is 59.2 Å².